The Bertz CT molecular complexity index is 451. The summed E-state index contributed by atoms with van der Waals surface area (Å²) in [6.07, 6.45) is 2.10. The van der Waals surface area contributed by atoms with E-state index in [4.69, 9.17) is 4.74 Å². The van der Waals surface area contributed by atoms with E-state index in [-0.39, 0.29) is 11.9 Å². The van der Waals surface area contributed by atoms with E-state index in [9.17, 15) is 9.59 Å². The lowest BCUT2D eigenvalue weighted by molar-refractivity contribution is -0.130. The van der Waals surface area contributed by atoms with E-state index in [2.05, 4.69) is 4.90 Å². The number of fused-ring (bicyclic) bond motifs is 1. The van der Waals surface area contributed by atoms with E-state index in [1.807, 2.05) is 14.7 Å². The number of likely N-dealkylation sites (tertiary alicyclic amines) is 1. The highest BCUT2D eigenvalue weighted by Crippen LogP contribution is 2.25. The van der Waals surface area contributed by atoms with Crippen LogP contribution in [-0.4, -0.2) is 103 Å². The molecule has 0 aromatic carbocycles. The molecule has 3 amide bonds. The molecule has 0 radical (unpaired) electrons. The monoisotopic (exact) mass is 324 g/mol. The van der Waals surface area contributed by atoms with Gasteiger partial charge in [-0.3, -0.25) is 9.69 Å². The average molecular weight is 324 g/mol. The fourth-order valence-electron chi connectivity index (χ4n) is 4.07. The molecule has 0 aromatic heterocycles. The average Bonchev–Trinajstić information content (AvgIpc) is 2.88. The Balaban J connectivity index is 1.52. The van der Waals surface area contributed by atoms with Crippen LogP contribution in [0.25, 0.3) is 0 Å². The van der Waals surface area contributed by atoms with Crippen molar-refractivity contribution in [2.24, 2.45) is 0 Å². The predicted molar refractivity (Wildman–Crippen MR) is 86.2 cm³/mol. The minimum atomic E-state index is 0.165. The summed E-state index contributed by atoms with van der Waals surface area (Å²) in [7, 11) is 1.67. The zero-order chi connectivity index (χ0) is 16.4. The van der Waals surface area contributed by atoms with E-state index in [1.165, 1.54) is 0 Å². The van der Waals surface area contributed by atoms with E-state index in [0.29, 0.717) is 25.2 Å². The number of methoxy groups -OCH3 is 1. The molecule has 0 N–H and O–H groups in total. The van der Waals surface area contributed by atoms with Gasteiger partial charge < -0.3 is 19.4 Å². The van der Waals surface area contributed by atoms with Crippen LogP contribution in [0.4, 0.5) is 4.79 Å². The van der Waals surface area contributed by atoms with Crippen molar-refractivity contribution in [2.75, 3.05) is 59.5 Å². The number of urea groups is 1. The normalized spacial score (nSPS) is 26.8. The van der Waals surface area contributed by atoms with Gasteiger partial charge in [-0.1, -0.05) is 0 Å². The SMILES string of the molecule is COCCN1CC2CN(C3CCN(C(C)=O)CC3)CCN2C1=O. The maximum Gasteiger partial charge on any atom is 0.320 e. The quantitative estimate of drug-likeness (QED) is 0.734. The number of piperazine rings is 1. The molecule has 1 unspecified atom stereocenters. The van der Waals surface area contributed by atoms with E-state index in [1.54, 1.807) is 14.0 Å². The Morgan fingerprint density at radius 3 is 2.52 bits per heavy atom. The molecule has 0 bridgehead atoms. The van der Waals surface area contributed by atoms with Crippen molar-refractivity contribution >= 4 is 11.9 Å². The summed E-state index contributed by atoms with van der Waals surface area (Å²) >= 11 is 0. The Morgan fingerprint density at radius 1 is 1.13 bits per heavy atom. The Morgan fingerprint density at radius 2 is 1.87 bits per heavy atom. The molecule has 3 saturated heterocycles. The summed E-state index contributed by atoms with van der Waals surface area (Å²) in [4.78, 5) is 32.2. The summed E-state index contributed by atoms with van der Waals surface area (Å²) in [5.41, 5.74) is 0. The summed E-state index contributed by atoms with van der Waals surface area (Å²) in [5.74, 6) is 0.184. The van der Waals surface area contributed by atoms with Crippen LogP contribution in [0.1, 0.15) is 19.8 Å². The number of amides is 3. The minimum absolute atomic E-state index is 0.165. The summed E-state index contributed by atoms with van der Waals surface area (Å²) in [6, 6.07) is 1.02. The molecule has 0 aromatic rings. The zero-order valence-corrected chi connectivity index (χ0v) is 14.2. The molecule has 7 nitrogen and oxygen atoms in total. The fraction of sp³-hybridized carbons (Fsp3) is 0.875. The highest BCUT2D eigenvalue weighted by Gasteiger charge is 2.41. The van der Waals surface area contributed by atoms with Crippen molar-refractivity contribution in [2.45, 2.75) is 31.8 Å². The number of carbonyl (C=O) groups is 2. The van der Waals surface area contributed by atoms with Gasteiger partial charge in [-0.05, 0) is 12.8 Å². The summed E-state index contributed by atoms with van der Waals surface area (Å²) in [5, 5.41) is 0. The van der Waals surface area contributed by atoms with Gasteiger partial charge in [0, 0.05) is 65.9 Å². The van der Waals surface area contributed by atoms with Crippen LogP contribution in [0.3, 0.4) is 0 Å². The third-order valence-corrected chi connectivity index (χ3v) is 5.45. The van der Waals surface area contributed by atoms with Crippen LogP contribution >= 0.6 is 0 Å². The molecular weight excluding hydrogens is 296 g/mol. The maximum absolute atomic E-state index is 12.4. The molecule has 7 heteroatoms. The molecule has 23 heavy (non-hydrogen) atoms. The Hall–Kier alpha value is -1.34. The van der Waals surface area contributed by atoms with Gasteiger partial charge in [0.15, 0.2) is 0 Å². The highest BCUT2D eigenvalue weighted by molar-refractivity contribution is 5.77. The molecule has 0 spiro atoms. The van der Waals surface area contributed by atoms with Crippen molar-refractivity contribution < 1.29 is 14.3 Å². The van der Waals surface area contributed by atoms with Gasteiger partial charge in [0.2, 0.25) is 5.91 Å². The standard InChI is InChI=1S/C16H28N4O3/c1-13(21)17-5-3-14(4-6-17)18-7-8-20-15(11-18)12-19(16(20)22)9-10-23-2/h14-15H,3-12H2,1-2H3. The smallest absolute Gasteiger partial charge is 0.320 e. The second-order valence-electron chi connectivity index (χ2n) is 6.80. The van der Waals surface area contributed by atoms with Crippen molar-refractivity contribution in [3.8, 4) is 0 Å². The maximum atomic E-state index is 12.4. The number of hydrogen-bond acceptors (Lipinski definition) is 4. The first kappa shape index (κ1) is 16.5. The number of carbonyl (C=O) groups excluding carboxylic acids is 2. The molecule has 1 atom stereocenters. The van der Waals surface area contributed by atoms with Crippen molar-refractivity contribution in [3.05, 3.63) is 0 Å². The molecular formula is C16H28N4O3. The summed E-state index contributed by atoms with van der Waals surface area (Å²) < 4.78 is 5.10. The topological polar surface area (TPSA) is 56.3 Å². The number of nitrogens with zero attached hydrogens (tertiary/aromatic N) is 4. The van der Waals surface area contributed by atoms with Gasteiger partial charge in [-0.2, -0.15) is 0 Å². The Labute approximate surface area is 138 Å². The van der Waals surface area contributed by atoms with E-state index in [0.717, 1.165) is 52.1 Å². The minimum Gasteiger partial charge on any atom is -0.383 e. The lowest BCUT2D eigenvalue weighted by Crippen LogP contribution is -2.57. The van der Waals surface area contributed by atoms with E-state index < -0.39 is 0 Å². The third-order valence-electron chi connectivity index (χ3n) is 5.45. The van der Waals surface area contributed by atoms with Gasteiger partial charge in [0.05, 0.1) is 12.6 Å². The third kappa shape index (κ3) is 3.45. The van der Waals surface area contributed by atoms with Crippen LogP contribution in [-0.2, 0) is 9.53 Å². The van der Waals surface area contributed by atoms with E-state index >= 15 is 0 Å². The molecule has 3 aliphatic heterocycles. The zero-order valence-electron chi connectivity index (χ0n) is 14.2. The predicted octanol–water partition coefficient (Wildman–Crippen LogP) is 0.0655. The van der Waals surface area contributed by atoms with Gasteiger partial charge in [0.25, 0.3) is 0 Å². The van der Waals surface area contributed by atoms with Crippen molar-refractivity contribution in [1.82, 2.24) is 19.6 Å². The lowest BCUT2D eigenvalue weighted by atomic mass is 10.0. The van der Waals surface area contributed by atoms with Crippen molar-refractivity contribution in [3.63, 3.8) is 0 Å². The molecule has 0 saturated carbocycles. The van der Waals surface area contributed by atoms with Crippen LogP contribution in [0.15, 0.2) is 0 Å². The van der Waals surface area contributed by atoms with Gasteiger partial charge in [-0.15, -0.1) is 0 Å². The first-order valence-corrected chi connectivity index (χ1v) is 8.64. The largest absolute Gasteiger partial charge is 0.383 e. The van der Waals surface area contributed by atoms with Crippen LogP contribution in [0.2, 0.25) is 0 Å². The Kier molecular flexibility index (Phi) is 5.06. The second kappa shape index (κ2) is 7.05. The van der Waals surface area contributed by atoms with Crippen LogP contribution < -0.4 is 0 Å². The lowest BCUT2D eigenvalue weighted by Gasteiger charge is -2.43. The molecule has 3 heterocycles. The molecule has 3 rings (SSSR count). The molecule has 0 aliphatic carbocycles. The number of hydrogen-bond donors (Lipinski definition) is 0. The molecule has 3 aliphatic rings. The molecule has 3 fully saturated rings. The van der Waals surface area contributed by atoms with Crippen LogP contribution in [0.5, 0.6) is 0 Å². The van der Waals surface area contributed by atoms with Gasteiger partial charge in [-0.25, -0.2) is 4.79 Å². The van der Waals surface area contributed by atoms with Crippen molar-refractivity contribution in [1.29, 1.82) is 0 Å². The van der Waals surface area contributed by atoms with Gasteiger partial charge in [0.1, 0.15) is 0 Å². The second-order valence-corrected chi connectivity index (χ2v) is 6.80. The number of ether oxygens (including phenoxy) is 1. The van der Waals surface area contributed by atoms with Crippen LogP contribution in [0, 0.1) is 0 Å². The summed E-state index contributed by atoms with van der Waals surface area (Å²) in [6.45, 7) is 8.19. The first-order chi connectivity index (χ1) is 11.1. The first-order valence-electron chi connectivity index (χ1n) is 8.64. The van der Waals surface area contributed by atoms with Gasteiger partial charge >= 0.3 is 6.03 Å². The highest BCUT2D eigenvalue weighted by atomic mass is 16.5. The molecule has 130 valence electrons. The number of rotatable bonds is 4. The number of piperidine rings is 1. The fourth-order valence-corrected chi connectivity index (χ4v) is 4.07.